The number of furan rings is 1. The van der Waals surface area contributed by atoms with E-state index in [0.717, 1.165) is 16.7 Å². The fourth-order valence-corrected chi connectivity index (χ4v) is 4.10. The van der Waals surface area contributed by atoms with E-state index in [1.54, 1.807) is 18.2 Å². The van der Waals surface area contributed by atoms with Crippen LogP contribution in [0.2, 0.25) is 0 Å². The van der Waals surface area contributed by atoms with Crippen LogP contribution in [0, 0.1) is 0 Å². The summed E-state index contributed by atoms with van der Waals surface area (Å²) in [7, 11) is -3.85. The smallest absolute Gasteiger partial charge is 0.266 e. The van der Waals surface area contributed by atoms with Gasteiger partial charge in [0.15, 0.2) is 0 Å². The molecule has 2 aromatic rings. The molecule has 8 nitrogen and oxygen atoms in total. The number of hydrogen-bond acceptors (Lipinski definition) is 8. The van der Waals surface area contributed by atoms with Crippen molar-refractivity contribution in [3.63, 3.8) is 0 Å². The van der Waals surface area contributed by atoms with Crippen LogP contribution in [-0.2, 0) is 19.6 Å². The standard InChI is InChI=1S/C16H12N2O6S3/c17-27(22,23)11-3-1-2-9(6-11)12-5-4-10(24-12)7-13-15(21)18(8-14(19)20)16(25)26-13/h1-7H,8H2,(H,19,20)(H2,17,22,23)/p-1/b13-7-. The molecule has 2 heterocycles. The maximum Gasteiger partial charge on any atom is 0.266 e. The molecule has 140 valence electrons. The van der Waals surface area contributed by atoms with Gasteiger partial charge in [0, 0.05) is 11.6 Å². The van der Waals surface area contributed by atoms with Crippen LogP contribution in [0.25, 0.3) is 17.4 Å². The Morgan fingerprint density at radius 3 is 2.74 bits per heavy atom. The number of amides is 1. The number of carbonyl (C=O) groups is 2. The number of thiocarbonyl (C=S) groups is 1. The lowest BCUT2D eigenvalue weighted by Gasteiger charge is -2.14. The zero-order chi connectivity index (χ0) is 19.8. The lowest BCUT2D eigenvalue weighted by molar-refractivity contribution is -0.305. The first-order chi connectivity index (χ1) is 12.6. The molecule has 11 heteroatoms. The first kappa shape index (κ1) is 19.3. The van der Waals surface area contributed by atoms with Crippen LogP contribution < -0.4 is 10.2 Å². The van der Waals surface area contributed by atoms with Gasteiger partial charge in [-0.1, -0.05) is 36.1 Å². The molecule has 0 saturated carbocycles. The molecule has 1 aromatic heterocycles. The van der Waals surface area contributed by atoms with E-state index in [2.05, 4.69) is 0 Å². The minimum Gasteiger partial charge on any atom is -0.548 e. The minimum absolute atomic E-state index is 0.0545. The number of nitrogens with zero attached hydrogens (tertiary/aromatic N) is 1. The van der Waals surface area contributed by atoms with E-state index in [4.69, 9.17) is 21.8 Å². The van der Waals surface area contributed by atoms with Crippen molar-refractivity contribution in [2.75, 3.05) is 6.54 Å². The topological polar surface area (TPSA) is 134 Å². The number of nitrogens with two attached hydrogens (primary N) is 1. The van der Waals surface area contributed by atoms with Gasteiger partial charge >= 0.3 is 0 Å². The molecule has 0 bridgehead atoms. The van der Waals surface area contributed by atoms with Crippen LogP contribution in [0.5, 0.6) is 0 Å². The Morgan fingerprint density at radius 2 is 2.07 bits per heavy atom. The molecule has 0 atom stereocenters. The van der Waals surface area contributed by atoms with Crippen LogP contribution in [0.3, 0.4) is 0 Å². The van der Waals surface area contributed by atoms with Gasteiger partial charge in [-0.15, -0.1) is 0 Å². The molecule has 1 saturated heterocycles. The van der Waals surface area contributed by atoms with Crippen molar-refractivity contribution < 1.29 is 27.5 Å². The molecule has 1 amide bonds. The summed E-state index contributed by atoms with van der Waals surface area (Å²) < 4.78 is 28.7. The van der Waals surface area contributed by atoms with Crippen LogP contribution in [-0.4, -0.2) is 36.1 Å². The van der Waals surface area contributed by atoms with Gasteiger partial charge in [-0.25, -0.2) is 13.6 Å². The Balaban J connectivity index is 1.87. The van der Waals surface area contributed by atoms with Gasteiger partial charge in [0.25, 0.3) is 5.91 Å². The first-order valence-electron chi connectivity index (χ1n) is 7.33. The van der Waals surface area contributed by atoms with Crippen molar-refractivity contribution in [1.29, 1.82) is 0 Å². The Morgan fingerprint density at radius 1 is 1.33 bits per heavy atom. The van der Waals surface area contributed by atoms with E-state index < -0.39 is 28.4 Å². The van der Waals surface area contributed by atoms with Crippen LogP contribution >= 0.6 is 24.0 Å². The van der Waals surface area contributed by atoms with Crippen molar-refractivity contribution in [1.82, 2.24) is 4.90 Å². The van der Waals surface area contributed by atoms with Gasteiger partial charge in [-0.05, 0) is 24.3 Å². The minimum atomic E-state index is -3.85. The number of rotatable bonds is 5. The summed E-state index contributed by atoms with van der Waals surface area (Å²) in [5.74, 6) is -1.28. The summed E-state index contributed by atoms with van der Waals surface area (Å²) in [6, 6.07) is 9.11. The molecule has 1 fully saturated rings. The fraction of sp³-hybridized carbons (Fsp3) is 0.0625. The maximum absolute atomic E-state index is 12.2. The first-order valence-corrected chi connectivity index (χ1v) is 10.1. The molecule has 0 unspecified atom stereocenters. The van der Waals surface area contributed by atoms with Crippen molar-refractivity contribution in [2.45, 2.75) is 4.90 Å². The highest BCUT2D eigenvalue weighted by Crippen LogP contribution is 2.33. The quantitative estimate of drug-likeness (QED) is 0.544. The number of primary sulfonamides is 1. The molecule has 1 aliphatic heterocycles. The van der Waals surface area contributed by atoms with E-state index in [-0.39, 0.29) is 14.1 Å². The molecule has 1 aliphatic rings. The van der Waals surface area contributed by atoms with E-state index in [1.807, 2.05) is 0 Å². The second kappa shape index (κ2) is 7.27. The van der Waals surface area contributed by atoms with Gasteiger partial charge in [0.05, 0.1) is 22.3 Å². The number of sulfonamides is 1. The second-order valence-electron chi connectivity index (χ2n) is 5.41. The van der Waals surface area contributed by atoms with Gasteiger partial charge in [0.1, 0.15) is 15.8 Å². The fourth-order valence-electron chi connectivity index (χ4n) is 2.31. The number of carbonyl (C=O) groups excluding carboxylic acids is 2. The third-order valence-corrected chi connectivity index (χ3v) is 5.80. The summed E-state index contributed by atoms with van der Waals surface area (Å²) in [6.45, 7) is -0.619. The lowest BCUT2D eigenvalue weighted by atomic mass is 10.2. The van der Waals surface area contributed by atoms with E-state index >= 15 is 0 Å². The average Bonchev–Trinajstić information content (AvgIpc) is 3.15. The largest absolute Gasteiger partial charge is 0.548 e. The SMILES string of the molecule is NS(=O)(=O)c1cccc(-c2ccc(/C=C3\SC(=S)N(CC(=O)[O-])C3=O)o2)c1. The molecular formula is C16H11N2O6S3-. The number of benzene rings is 1. The number of thioether (sulfide) groups is 1. The van der Waals surface area contributed by atoms with E-state index in [9.17, 15) is 23.1 Å². The Hall–Kier alpha value is -2.47. The number of carboxylic acids is 1. The summed E-state index contributed by atoms with van der Waals surface area (Å²) in [5, 5.41) is 15.8. The normalized spacial score (nSPS) is 16.3. The summed E-state index contributed by atoms with van der Waals surface area (Å²) in [5.41, 5.74) is 0.491. The monoisotopic (exact) mass is 423 g/mol. The van der Waals surface area contributed by atoms with Crippen LogP contribution in [0.1, 0.15) is 5.76 Å². The number of hydrogen-bond donors (Lipinski definition) is 1. The van der Waals surface area contributed by atoms with Gasteiger partial charge < -0.3 is 14.3 Å². The summed E-state index contributed by atoms with van der Waals surface area (Å²) >= 11 is 5.95. The third-order valence-electron chi connectivity index (χ3n) is 3.51. The molecule has 2 N–H and O–H groups in total. The highest BCUT2D eigenvalue weighted by molar-refractivity contribution is 8.26. The van der Waals surface area contributed by atoms with E-state index in [1.165, 1.54) is 24.3 Å². The van der Waals surface area contributed by atoms with Crippen molar-refractivity contribution in [3.8, 4) is 11.3 Å². The van der Waals surface area contributed by atoms with Gasteiger partial charge in [0.2, 0.25) is 10.0 Å². The zero-order valence-corrected chi connectivity index (χ0v) is 15.9. The molecule has 0 spiro atoms. The number of aliphatic carboxylic acids is 1. The van der Waals surface area contributed by atoms with Gasteiger partial charge in [-0.3, -0.25) is 9.69 Å². The maximum atomic E-state index is 12.2. The predicted octanol–water partition coefficient (Wildman–Crippen LogP) is 0.545. The van der Waals surface area contributed by atoms with Crippen molar-refractivity contribution >= 4 is 56.3 Å². The average molecular weight is 423 g/mol. The highest BCUT2D eigenvalue weighted by atomic mass is 32.2. The molecule has 27 heavy (non-hydrogen) atoms. The van der Waals surface area contributed by atoms with Crippen molar-refractivity contribution in [2.24, 2.45) is 5.14 Å². The summed E-state index contributed by atoms with van der Waals surface area (Å²) in [6.07, 6.45) is 1.43. The molecule has 3 rings (SSSR count). The zero-order valence-electron chi connectivity index (χ0n) is 13.4. The second-order valence-corrected chi connectivity index (χ2v) is 8.65. The molecule has 1 aromatic carbocycles. The number of carboxylic acid groups (broad SMARTS) is 1. The van der Waals surface area contributed by atoms with Crippen molar-refractivity contribution in [3.05, 3.63) is 47.1 Å². The van der Waals surface area contributed by atoms with E-state index in [0.29, 0.717) is 17.1 Å². The Labute approximate surface area is 163 Å². The van der Waals surface area contributed by atoms with Crippen LogP contribution in [0.4, 0.5) is 0 Å². The van der Waals surface area contributed by atoms with Crippen LogP contribution in [0.15, 0.2) is 50.6 Å². The third kappa shape index (κ3) is 4.27. The Kier molecular flexibility index (Phi) is 5.20. The molecule has 0 radical (unpaired) electrons. The lowest BCUT2D eigenvalue weighted by Crippen LogP contribution is -2.40. The molecular weight excluding hydrogens is 412 g/mol. The molecule has 0 aliphatic carbocycles. The highest BCUT2D eigenvalue weighted by Gasteiger charge is 2.32. The van der Waals surface area contributed by atoms with Gasteiger partial charge in [-0.2, -0.15) is 0 Å². The Bertz CT molecular complexity index is 1090. The predicted molar refractivity (Wildman–Crippen MR) is 100 cm³/mol. The summed E-state index contributed by atoms with van der Waals surface area (Å²) in [4.78, 5) is 24.0.